The van der Waals surface area contributed by atoms with E-state index in [1.54, 1.807) is 0 Å². The first-order valence-corrected chi connectivity index (χ1v) is 8.58. The molecule has 2 amide bonds. The van der Waals surface area contributed by atoms with Crippen LogP contribution in [0.25, 0.3) is 0 Å². The van der Waals surface area contributed by atoms with E-state index < -0.39 is 15.9 Å². The molecule has 118 valence electrons. The zero-order chi connectivity index (χ0) is 16.0. The number of hydrogen-bond donors (Lipinski definition) is 3. The highest BCUT2D eigenvalue weighted by molar-refractivity contribution is 7.91. The molecule has 1 aromatic rings. The number of sulfone groups is 1. The lowest BCUT2D eigenvalue weighted by Crippen LogP contribution is -2.36. The third-order valence-electron chi connectivity index (χ3n) is 3.05. The van der Waals surface area contributed by atoms with Gasteiger partial charge in [-0.15, -0.1) is 0 Å². The summed E-state index contributed by atoms with van der Waals surface area (Å²) >= 11 is 0. The molecule has 1 aromatic carbocycles. The summed E-state index contributed by atoms with van der Waals surface area (Å²) in [6, 6.07) is 3.36. The van der Waals surface area contributed by atoms with E-state index in [9.17, 15) is 18.3 Å². The summed E-state index contributed by atoms with van der Waals surface area (Å²) in [6.45, 7) is 5.43. The smallest absolute Gasteiger partial charge is 0.319 e. The van der Waals surface area contributed by atoms with Gasteiger partial charge in [-0.2, -0.15) is 0 Å². The van der Waals surface area contributed by atoms with Gasteiger partial charge in [0.15, 0.2) is 9.84 Å². The van der Waals surface area contributed by atoms with Crippen LogP contribution in [-0.2, 0) is 9.84 Å². The maximum Gasteiger partial charge on any atom is 0.319 e. The van der Waals surface area contributed by atoms with Gasteiger partial charge < -0.3 is 15.7 Å². The number of benzene rings is 1. The molecule has 0 aliphatic heterocycles. The van der Waals surface area contributed by atoms with E-state index in [1.165, 1.54) is 25.1 Å². The number of amides is 2. The monoisotopic (exact) mass is 314 g/mol. The Balaban J connectivity index is 2.88. The van der Waals surface area contributed by atoms with E-state index in [0.717, 1.165) is 12.8 Å². The van der Waals surface area contributed by atoms with Crippen LogP contribution in [0.15, 0.2) is 23.1 Å². The molecular weight excluding hydrogens is 292 g/mol. The second-order valence-corrected chi connectivity index (χ2v) is 7.15. The number of anilines is 1. The Labute approximate surface area is 125 Å². The second kappa shape index (κ2) is 7.31. The maximum absolute atomic E-state index is 11.8. The molecule has 7 heteroatoms. The molecule has 0 heterocycles. The maximum atomic E-state index is 11.8. The minimum atomic E-state index is -3.39. The average Bonchev–Trinajstić information content (AvgIpc) is 2.41. The summed E-state index contributed by atoms with van der Waals surface area (Å²) in [6.07, 6.45) is 1.78. The van der Waals surface area contributed by atoms with Crippen LogP contribution in [0.1, 0.15) is 33.6 Å². The topological polar surface area (TPSA) is 95.5 Å². The Morgan fingerprint density at radius 3 is 2.57 bits per heavy atom. The fraction of sp³-hybridized carbons (Fsp3) is 0.500. The van der Waals surface area contributed by atoms with E-state index in [-0.39, 0.29) is 28.1 Å². The van der Waals surface area contributed by atoms with Gasteiger partial charge >= 0.3 is 6.03 Å². The molecule has 0 saturated carbocycles. The van der Waals surface area contributed by atoms with Crippen molar-refractivity contribution in [1.82, 2.24) is 5.32 Å². The van der Waals surface area contributed by atoms with Crippen molar-refractivity contribution in [3.8, 4) is 5.75 Å². The Morgan fingerprint density at radius 1 is 1.33 bits per heavy atom. The molecule has 1 rings (SSSR count). The highest BCUT2D eigenvalue weighted by atomic mass is 32.2. The predicted octanol–water partition coefficient (Wildman–Crippen LogP) is 2.50. The van der Waals surface area contributed by atoms with Gasteiger partial charge in [0.1, 0.15) is 5.75 Å². The van der Waals surface area contributed by atoms with Crippen molar-refractivity contribution in [3.05, 3.63) is 18.2 Å². The van der Waals surface area contributed by atoms with E-state index in [2.05, 4.69) is 10.6 Å². The van der Waals surface area contributed by atoms with E-state index in [1.807, 2.05) is 13.8 Å². The number of carbonyl (C=O) groups is 1. The largest absolute Gasteiger partial charge is 0.506 e. The van der Waals surface area contributed by atoms with Crippen LogP contribution in [0.5, 0.6) is 5.75 Å². The molecule has 0 aliphatic carbocycles. The molecule has 0 spiro atoms. The molecule has 0 fully saturated rings. The van der Waals surface area contributed by atoms with Crippen molar-refractivity contribution in [2.75, 3.05) is 11.1 Å². The number of urea groups is 1. The first kappa shape index (κ1) is 17.3. The zero-order valence-electron chi connectivity index (χ0n) is 12.5. The Bertz CT molecular complexity index is 599. The fourth-order valence-corrected chi connectivity index (χ4v) is 2.77. The van der Waals surface area contributed by atoms with Gasteiger partial charge in [0.2, 0.25) is 0 Å². The van der Waals surface area contributed by atoms with Crippen molar-refractivity contribution >= 4 is 21.6 Å². The predicted molar refractivity (Wildman–Crippen MR) is 82.4 cm³/mol. The number of carbonyl (C=O) groups excluding carboxylic acids is 1. The van der Waals surface area contributed by atoms with Crippen molar-refractivity contribution in [3.63, 3.8) is 0 Å². The molecule has 1 atom stereocenters. The number of rotatable bonds is 6. The molecule has 0 saturated heterocycles. The third-order valence-corrected chi connectivity index (χ3v) is 4.79. The number of aromatic hydroxyl groups is 1. The van der Waals surface area contributed by atoms with Gasteiger partial charge in [0, 0.05) is 6.04 Å². The lowest BCUT2D eigenvalue weighted by molar-refractivity contribution is 0.248. The van der Waals surface area contributed by atoms with Crippen molar-refractivity contribution in [1.29, 1.82) is 0 Å². The van der Waals surface area contributed by atoms with Gasteiger partial charge in [-0.3, -0.25) is 0 Å². The first-order chi connectivity index (χ1) is 9.80. The molecule has 6 nitrogen and oxygen atoms in total. The molecular formula is C14H22N2O4S. The highest BCUT2D eigenvalue weighted by Gasteiger charge is 2.15. The van der Waals surface area contributed by atoms with Gasteiger partial charge in [-0.1, -0.05) is 20.3 Å². The third kappa shape index (κ3) is 4.93. The summed E-state index contributed by atoms with van der Waals surface area (Å²) in [7, 11) is -3.39. The minimum absolute atomic E-state index is 0.000278. The zero-order valence-corrected chi connectivity index (χ0v) is 13.3. The van der Waals surface area contributed by atoms with Gasteiger partial charge in [-0.25, -0.2) is 13.2 Å². The quantitative estimate of drug-likeness (QED) is 0.703. The molecule has 0 unspecified atom stereocenters. The molecule has 3 N–H and O–H groups in total. The Kier molecular flexibility index (Phi) is 6.02. The summed E-state index contributed by atoms with van der Waals surface area (Å²) in [5.74, 6) is -0.222. The van der Waals surface area contributed by atoms with Gasteiger partial charge in [0.05, 0.1) is 16.3 Å². The van der Waals surface area contributed by atoms with Gasteiger partial charge in [-0.05, 0) is 31.5 Å². The SMILES string of the molecule is CCC[C@H](C)NC(=O)Nc1cc(S(=O)(=O)CC)ccc1O. The summed E-state index contributed by atoms with van der Waals surface area (Å²) in [4.78, 5) is 11.9. The highest BCUT2D eigenvalue weighted by Crippen LogP contribution is 2.26. The van der Waals surface area contributed by atoms with Crippen LogP contribution in [0.2, 0.25) is 0 Å². The molecule has 21 heavy (non-hydrogen) atoms. The summed E-state index contributed by atoms with van der Waals surface area (Å²) in [5, 5.41) is 14.9. The standard InChI is InChI=1S/C14H22N2O4S/c1-4-6-10(3)15-14(18)16-12-9-11(7-8-13(12)17)21(19,20)5-2/h7-10,17H,4-6H2,1-3H3,(H2,15,16,18)/t10-/m0/s1. The number of nitrogens with one attached hydrogen (secondary N) is 2. The van der Waals surface area contributed by atoms with Crippen LogP contribution in [0.4, 0.5) is 10.5 Å². The fourth-order valence-electron chi connectivity index (χ4n) is 1.86. The van der Waals surface area contributed by atoms with Crippen molar-refractivity contribution in [2.45, 2.75) is 44.6 Å². The van der Waals surface area contributed by atoms with Crippen LogP contribution >= 0.6 is 0 Å². The van der Waals surface area contributed by atoms with Crippen molar-refractivity contribution < 1.29 is 18.3 Å². The van der Waals surface area contributed by atoms with Crippen LogP contribution in [0.3, 0.4) is 0 Å². The van der Waals surface area contributed by atoms with Crippen LogP contribution in [0, 0.1) is 0 Å². The van der Waals surface area contributed by atoms with Crippen molar-refractivity contribution in [2.24, 2.45) is 0 Å². The van der Waals surface area contributed by atoms with Crippen LogP contribution in [-0.4, -0.2) is 31.4 Å². The van der Waals surface area contributed by atoms with E-state index in [0.29, 0.717) is 0 Å². The molecule has 0 aliphatic rings. The Morgan fingerprint density at radius 2 is 2.00 bits per heavy atom. The Hall–Kier alpha value is -1.76. The lowest BCUT2D eigenvalue weighted by atomic mass is 10.2. The minimum Gasteiger partial charge on any atom is -0.506 e. The lowest BCUT2D eigenvalue weighted by Gasteiger charge is -2.14. The van der Waals surface area contributed by atoms with E-state index in [4.69, 9.17) is 0 Å². The summed E-state index contributed by atoms with van der Waals surface area (Å²) < 4.78 is 23.6. The number of phenolic OH excluding ortho intramolecular Hbond substituents is 1. The summed E-state index contributed by atoms with van der Waals surface area (Å²) in [5.41, 5.74) is 0.0747. The molecule has 0 radical (unpaired) electrons. The second-order valence-electron chi connectivity index (χ2n) is 4.87. The first-order valence-electron chi connectivity index (χ1n) is 6.93. The normalized spacial score (nSPS) is 12.7. The van der Waals surface area contributed by atoms with Gasteiger partial charge in [0.25, 0.3) is 0 Å². The molecule has 0 bridgehead atoms. The number of phenols is 1. The average molecular weight is 314 g/mol. The van der Waals surface area contributed by atoms with Crippen LogP contribution < -0.4 is 10.6 Å². The van der Waals surface area contributed by atoms with E-state index >= 15 is 0 Å². The molecule has 0 aromatic heterocycles. The number of hydrogen-bond acceptors (Lipinski definition) is 4.